The highest BCUT2D eigenvalue weighted by Crippen LogP contribution is 2.36. The Hall–Kier alpha value is -0.995. The van der Waals surface area contributed by atoms with Gasteiger partial charge in [0, 0.05) is 6.07 Å². The molecule has 3 nitrogen and oxygen atoms in total. The summed E-state index contributed by atoms with van der Waals surface area (Å²) in [6.45, 7) is 8.17. The first-order valence-electron chi connectivity index (χ1n) is 5.77. The molecule has 1 aliphatic heterocycles. The highest BCUT2D eigenvalue weighted by molar-refractivity contribution is 6.62. The molecule has 0 aromatic heterocycles. The molecule has 2 rings (SSSR count). The summed E-state index contributed by atoms with van der Waals surface area (Å²) >= 11 is 0. The van der Waals surface area contributed by atoms with Crippen LogP contribution in [0.4, 0.5) is 0 Å². The molecule has 0 amide bonds. The Balaban J connectivity index is 2.20. The Morgan fingerprint density at radius 2 is 1.71 bits per heavy atom. The van der Waals surface area contributed by atoms with E-state index in [9.17, 15) is 0 Å². The van der Waals surface area contributed by atoms with Crippen LogP contribution in [0.5, 0.6) is 5.75 Å². The predicted octanol–water partition coefficient (Wildman–Crippen LogP) is 1.79. The summed E-state index contributed by atoms with van der Waals surface area (Å²) in [5.41, 5.74) is 0.347. The molecule has 0 N–H and O–H groups in total. The van der Waals surface area contributed by atoms with Crippen LogP contribution in [0.15, 0.2) is 18.2 Å². The first kappa shape index (κ1) is 12.5. The summed E-state index contributed by atoms with van der Waals surface area (Å²) in [6.07, 6.45) is 0. The number of hydrogen-bond acceptors (Lipinski definition) is 3. The van der Waals surface area contributed by atoms with Gasteiger partial charge in [-0.3, -0.25) is 0 Å². The first-order chi connectivity index (χ1) is 7.86. The SMILES string of the molecule is COc1[c]cc(B2OC(C)(C)C(C)(C)O2)cc1. The van der Waals surface area contributed by atoms with E-state index in [1.807, 2.05) is 45.9 Å². The van der Waals surface area contributed by atoms with Crippen molar-refractivity contribution in [1.29, 1.82) is 0 Å². The lowest BCUT2D eigenvalue weighted by molar-refractivity contribution is 0.00578. The van der Waals surface area contributed by atoms with Crippen molar-refractivity contribution in [1.82, 2.24) is 0 Å². The first-order valence-corrected chi connectivity index (χ1v) is 5.77. The molecular weight excluding hydrogens is 215 g/mol. The Labute approximate surface area is 103 Å². The molecule has 0 unspecified atom stereocenters. The number of hydrogen-bond donors (Lipinski definition) is 0. The molecule has 0 atom stereocenters. The monoisotopic (exact) mass is 233 g/mol. The minimum absolute atomic E-state index is 0.308. The number of methoxy groups -OCH3 is 1. The summed E-state index contributed by atoms with van der Waals surface area (Å²) in [6, 6.07) is 8.69. The quantitative estimate of drug-likeness (QED) is 0.729. The lowest BCUT2D eigenvalue weighted by Gasteiger charge is -2.32. The van der Waals surface area contributed by atoms with Crippen molar-refractivity contribution < 1.29 is 14.0 Å². The van der Waals surface area contributed by atoms with Crippen LogP contribution >= 0.6 is 0 Å². The Bertz CT molecular complexity index is 382. The summed E-state index contributed by atoms with van der Waals surface area (Å²) in [4.78, 5) is 0. The van der Waals surface area contributed by atoms with Gasteiger partial charge >= 0.3 is 7.12 Å². The van der Waals surface area contributed by atoms with Gasteiger partial charge in [0.15, 0.2) is 0 Å². The van der Waals surface area contributed by atoms with Gasteiger partial charge < -0.3 is 14.0 Å². The van der Waals surface area contributed by atoms with E-state index >= 15 is 0 Å². The third kappa shape index (κ3) is 2.19. The lowest BCUT2D eigenvalue weighted by atomic mass is 9.79. The minimum atomic E-state index is -0.331. The Morgan fingerprint density at radius 3 is 2.12 bits per heavy atom. The van der Waals surface area contributed by atoms with Crippen LogP contribution in [0.2, 0.25) is 0 Å². The molecule has 0 aliphatic carbocycles. The van der Waals surface area contributed by atoms with Crippen LogP contribution in [0, 0.1) is 6.07 Å². The summed E-state index contributed by atoms with van der Waals surface area (Å²) in [5, 5.41) is 0. The van der Waals surface area contributed by atoms with Crippen molar-refractivity contribution in [3.05, 3.63) is 24.3 Å². The zero-order valence-corrected chi connectivity index (χ0v) is 11.0. The van der Waals surface area contributed by atoms with Crippen molar-refractivity contribution in [2.75, 3.05) is 7.11 Å². The average molecular weight is 233 g/mol. The van der Waals surface area contributed by atoms with Crippen LogP contribution in [-0.4, -0.2) is 25.4 Å². The maximum atomic E-state index is 5.94. The molecule has 1 radical (unpaired) electrons. The van der Waals surface area contributed by atoms with Crippen LogP contribution in [-0.2, 0) is 9.31 Å². The fourth-order valence-corrected chi connectivity index (χ4v) is 1.68. The van der Waals surface area contributed by atoms with Gasteiger partial charge in [0.25, 0.3) is 0 Å². The smallest absolute Gasteiger partial charge is 0.494 e. The molecule has 1 heterocycles. The number of benzene rings is 1. The van der Waals surface area contributed by atoms with Crippen molar-refractivity contribution in [2.45, 2.75) is 38.9 Å². The molecular formula is C13H18BO3. The van der Waals surface area contributed by atoms with Gasteiger partial charge in [-0.25, -0.2) is 0 Å². The maximum absolute atomic E-state index is 5.94. The van der Waals surface area contributed by atoms with Gasteiger partial charge in [-0.05, 0) is 39.2 Å². The maximum Gasteiger partial charge on any atom is 0.494 e. The van der Waals surface area contributed by atoms with E-state index < -0.39 is 0 Å². The molecule has 91 valence electrons. The molecule has 0 bridgehead atoms. The van der Waals surface area contributed by atoms with E-state index in [0.29, 0.717) is 5.75 Å². The summed E-state index contributed by atoms with van der Waals surface area (Å²) in [7, 11) is 1.29. The van der Waals surface area contributed by atoms with Crippen LogP contribution in [0.3, 0.4) is 0 Å². The fraction of sp³-hybridized carbons (Fsp3) is 0.538. The van der Waals surface area contributed by atoms with E-state index in [-0.39, 0.29) is 18.3 Å². The third-order valence-electron chi connectivity index (χ3n) is 3.55. The van der Waals surface area contributed by atoms with Crippen LogP contribution < -0.4 is 10.2 Å². The van der Waals surface area contributed by atoms with Crippen molar-refractivity contribution in [2.24, 2.45) is 0 Å². The van der Waals surface area contributed by atoms with Gasteiger partial charge in [0.1, 0.15) is 5.75 Å². The van der Waals surface area contributed by atoms with E-state index in [2.05, 4.69) is 6.07 Å². The van der Waals surface area contributed by atoms with Crippen LogP contribution in [0.1, 0.15) is 27.7 Å². The van der Waals surface area contributed by atoms with E-state index in [4.69, 9.17) is 14.0 Å². The normalized spacial score (nSPS) is 21.6. The summed E-state index contributed by atoms with van der Waals surface area (Å²) < 4.78 is 17.0. The van der Waals surface area contributed by atoms with Gasteiger partial charge in [-0.15, -0.1) is 0 Å². The molecule has 17 heavy (non-hydrogen) atoms. The lowest BCUT2D eigenvalue weighted by Crippen LogP contribution is -2.41. The zero-order valence-electron chi connectivity index (χ0n) is 11.0. The van der Waals surface area contributed by atoms with E-state index in [1.165, 1.54) is 0 Å². The van der Waals surface area contributed by atoms with Gasteiger partial charge in [-0.1, -0.05) is 12.1 Å². The van der Waals surface area contributed by atoms with E-state index in [1.54, 1.807) is 7.11 Å². The second-order valence-corrected chi connectivity index (χ2v) is 5.28. The topological polar surface area (TPSA) is 27.7 Å². The highest BCUT2D eigenvalue weighted by Gasteiger charge is 2.51. The molecule has 0 spiro atoms. The summed E-state index contributed by atoms with van der Waals surface area (Å²) in [5.74, 6) is 0.713. The molecule has 1 aromatic carbocycles. The number of ether oxygens (including phenoxy) is 1. The average Bonchev–Trinajstić information content (AvgIpc) is 2.48. The molecule has 1 aliphatic rings. The highest BCUT2D eigenvalue weighted by atomic mass is 16.7. The molecule has 4 heteroatoms. The molecule has 0 saturated carbocycles. The van der Waals surface area contributed by atoms with Crippen LogP contribution in [0.25, 0.3) is 0 Å². The van der Waals surface area contributed by atoms with Crippen molar-refractivity contribution >= 4 is 12.6 Å². The predicted molar refractivity (Wildman–Crippen MR) is 67.5 cm³/mol. The standard InChI is InChI=1S/C13H18BO3/c1-12(2)13(3,4)17-14(16-12)10-6-8-11(15-5)9-7-10/h6-8H,1-5H3. The van der Waals surface area contributed by atoms with Crippen molar-refractivity contribution in [3.8, 4) is 5.75 Å². The third-order valence-corrected chi connectivity index (χ3v) is 3.55. The van der Waals surface area contributed by atoms with Gasteiger partial charge in [0.2, 0.25) is 0 Å². The largest absolute Gasteiger partial charge is 0.496 e. The Morgan fingerprint density at radius 1 is 1.12 bits per heavy atom. The Kier molecular flexibility index (Phi) is 2.96. The van der Waals surface area contributed by atoms with Gasteiger partial charge in [0.05, 0.1) is 18.3 Å². The van der Waals surface area contributed by atoms with Gasteiger partial charge in [-0.2, -0.15) is 0 Å². The molecule has 1 fully saturated rings. The minimum Gasteiger partial charge on any atom is -0.496 e. The molecule has 1 aromatic rings. The second kappa shape index (κ2) is 4.04. The number of rotatable bonds is 2. The van der Waals surface area contributed by atoms with Crippen molar-refractivity contribution in [3.63, 3.8) is 0 Å². The van der Waals surface area contributed by atoms with E-state index in [0.717, 1.165) is 5.46 Å². The zero-order chi connectivity index (χ0) is 12.7. The fourth-order valence-electron chi connectivity index (χ4n) is 1.68. The second-order valence-electron chi connectivity index (χ2n) is 5.28. The molecule has 1 saturated heterocycles.